The maximum absolute atomic E-state index is 14.9. The summed E-state index contributed by atoms with van der Waals surface area (Å²) in [6.45, 7) is 9.11. The van der Waals surface area contributed by atoms with E-state index in [1.807, 2.05) is 19.1 Å². The molecule has 6 rings (SSSR count). The Hall–Kier alpha value is -4.18. The Morgan fingerprint density at radius 1 is 1.11 bits per heavy atom. The summed E-state index contributed by atoms with van der Waals surface area (Å²) >= 11 is 6.53. The van der Waals surface area contributed by atoms with Gasteiger partial charge in [0.1, 0.15) is 35.1 Å². The van der Waals surface area contributed by atoms with Crippen LogP contribution in [0.25, 0.3) is 11.0 Å². The SMILES string of the molecule is CCC1CC(C)CCC=CC2CC2(C(=O)NS(=O)(=O)C2CC2)NC(=O)C2CC(Oc3nc4cc(OC)ccc4nc3Cl)CN2C(=O)C1NC(=O)OC(C)(C)C. The Labute approximate surface area is 326 Å². The van der Waals surface area contributed by atoms with Crippen LogP contribution in [0, 0.1) is 17.8 Å². The van der Waals surface area contributed by atoms with Crippen molar-refractivity contribution in [2.45, 2.75) is 121 Å². The van der Waals surface area contributed by atoms with E-state index in [2.05, 4.69) is 32.2 Å². The molecule has 4 amide bonds. The summed E-state index contributed by atoms with van der Waals surface area (Å²) in [5, 5.41) is 5.03. The van der Waals surface area contributed by atoms with Crippen LogP contribution < -0.4 is 24.8 Å². The molecule has 300 valence electrons. The number of carbonyl (C=O) groups excluding carboxylic acids is 4. The van der Waals surface area contributed by atoms with E-state index in [0.717, 1.165) is 6.42 Å². The molecule has 0 bridgehead atoms. The van der Waals surface area contributed by atoms with Crippen LogP contribution in [0.4, 0.5) is 4.79 Å². The van der Waals surface area contributed by atoms with Gasteiger partial charge in [-0.1, -0.05) is 44.0 Å². The topological polar surface area (TPSA) is 195 Å². The fourth-order valence-corrected chi connectivity index (χ4v) is 9.05. The molecule has 55 heavy (non-hydrogen) atoms. The molecular formula is C38H51ClN6O9S. The number of nitrogens with one attached hydrogen (secondary N) is 3. The van der Waals surface area contributed by atoms with Gasteiger partial charge < -0.3 is 29.7 Å². The van der Waals surface area contributed by atoms with Gasteiger partial charge in [0.05, 0.1) is 29.9 Å². The molecule has 3 heterocycles. The second-order valence-electron chi connectivity index (χ2n) is 16.2. The van der Waals surface area contributed by atoms with Crippen molar-refractivity contribution in [3.8, 4) is 11.6 Å². The van der Waals surface area contributed by atoms with Gasteiger partial charge in [-0.15, -0.1) is 0 Å². The van der Waals surface area contributed by atoms with Gasteiger partial charge in [-0.2, -0.15) is 0 Å². The van der Waals surface area contributed by atoms with Crippen molar-refractivity contribution in [2.24, 2.45) is 17.8 Å². The van der Waals surface area contributed by atoms with E-state index in [0.29, 0.717) is 48.9 Å². The average molecular weight is 803 g/mol. The third-order valence-electron chi connectivity index (χ3n) is 10.7. The first kappa shape index (κ1) is 40.5. The van der Waals surface area contributed by atoms with E-state index < -0.39 is 74.3 Å². The molecule has 7 atom stereocenters. The molecular weight excluding hydrogens is 752 g/mol. The molecule has 7 unspecified atom stereocenters. The highest BCUT2D eigenvalue weighted by atomic mass is 35.5. The lowest BCUT2D eigenvalue weighted by Crippen LogP contribution is -2.59. The largest absolute Gasteiger partial charge is 0.497 e. The van der Waals surface area contributed by atoms with Crippen LogP contribution in [0.3, 0.4) is 0 Å². The first-order valence-electron chi connectivity index (χ1n) is 19.0. The number of hydrogen-bond donors (Lipinski definition) is 3. The molecule has 4 aliphatic rings. The van der Waals surface area contributed by atoms with E-state index in [9.17, 15) is 27.6 Å². The number of benzene rings is 1. The molecule has 17 heteroatoms. The summed E-state index contributed by atoms with van der Waals surface area (Å²) < 4.78 is 45.2. The number of nitrogens with zero attached hydrogens (tertiary/aromatic N) is 3. The van der Waals surface area contributed by atoms with Gasteiger partial charge in [0, 0.05) is 18.4 Å². The van der Waals surface area contributed by atoms with Crippen LogP contribution in [0.5, 0.6) is 11.6 Å². The number of alkyl carbamates (subject to hydrolysis) is 1. The van der Waals surface area contributed by atoms with Crippen molar-refractivity contribution in [3.05, 3.63) is 35.5 Å². The van der Waals surface area contributed by atoms with Gasteiger partial charge in [0.15, 0.2) is 5.15 Å². The van der Waals surface area contributed by atoms with Crippen LogP contribution in [-0.2, 0) is 29.1 Å². The summed E-state index contributed by atoms with van der Waals surface area (Å²) in [6, 6.07) is 2.86. The smallest absolute Gasteiger partial charge is 0.408 e. The maximum Gasteiger partial charge on any atom is 0.408 e. The zero-order valence-electron chi connectivity index (χ0n) is 32.1. The molecule has 2 aromatic rings. The van der Waals surface area contributed by atoms with Crippen LogP contribution in [-0.4, -0.2) is 95.3 Å². The summed E-state index contributed by atoms with van der Waals surface area (Å²) in [5.74, 6) is -2.10. The van der Waals surface area contributed by atoms with Crippen LogP contribution in [0.1, 0.15) is 86.0 Å². The highest BCUT2D eigenvalue weighted by Crippen LogP contribution is 2.46. The summed E-state index contributed by atoms with van der Waals surface area (Å²) in [4.78, 5) is 66.7. The van der Waals surface area contributed by atoms with Crippen molar-refractivity contribution >= 4 is 56.5 Å². The van der Waals surface area contributed by atoms with Gasteiger partial charge in [-0.25, -0.2) is 23.2 Å². The van der Waals surface area contributed by atoms with Crippen molar-refractivity contribution in [3.63, 3.8) is 0 Å². The van der Waals surface area contributed by atoms with Crippen LogP contribution in [0.2, 0.25) is 5.15 Å². The lowest BCUT2D eigenvalue weighted by molar-refractivity contribution is -0.142. The first-order valence-corrected chi connectivity index (χ1v) is 20.9. The fourth-order valence-electron chi connectivity index (χ4n) is 7.51. The predicted octanol–water partition coefficient (Wildman–Crippen LogP) is 4.42. The van der Waals surface area contributed by atoms with E-state index in [4.69, 9.17) is 25.8 Å². The monoisotopic (exact) mass is 802 g/mol. The molecule has 3 fully saturated rings. The molecule has 2 aliphatic heterocycles. The average Bonchev–Trinajstić information content (AvgIpc) is 4.04. The third kappa shape index (κ3) is 9.28. The van der Waals surface area contributed by atoms with Crippen molar-refractivity contribution < 1.29 is 41.8 Å². The summed E-state index contributed by atoms with van der Waals surface area (Å²) in [6.07, 6.45) is 5.87. The maximum atomic E-state index is 14.9. The number of halogens is 1. The van der Waals surface area contributed by atoms with Gasteiger partial charge in [-0.3, -0.25) is 19.1 Å². The van der Waals surface area contributed by atoms with Crippen LogP contribution >= 0.6 is 11.6 Å². The molecule has 0 spiro atoms. The highest BCUT2D eigenvalue weighted by Gasteiger charge is 2.62. The standard InChI is InChI=1S/C38H51ClN6O9S/c1-7-22-16-21(2)10-8-9-11-23-19-38(23,35(48)44-55(50,51)26-13-14-26)43-32(46)29-18-25(20-45(29)34(47)30(22)42-36(49)54-37(3,4)5)53-33-31(39)40-27-15-12-24(52-6)17-28(27)41-33/h9,11-12,15,17,21-23,25-26,29-30H,7-8,10,13-14,16,18-20H2,1-6H3,(H,42,49)(H,43,46)(H,44,48). The van der Waals surface area contributed by atoms with Crippen LogP contribution in [0.15, 0.2) is 30.4 Å². The van der Waals surface area contributed by atoms with Crippen molar-refractivity contribution in [2.75, 3.05) is 13.7 Å². The number of rotatable bonds is 8. The van der Waals surface area contributed by atoms with E-state index in [1.165, 1.54) is 12.0 Å². The Bertz CT molecular complexity index is 1970. The molecule has 1 saturated heterocycles. The highest BCUT2D eigenvalue weighted by molar-refractivity contribution is 7.91. The molecule has 1 aromatic carbocycles. The molecule has 15 nitrogen and oxygen atoms in total. The number of hydrogen-bond acceptors (Lipinski definition) is 11. The van der Waals surface area contributed by atoms with Crippen molar-refractivity contribution in [1.82, 2.24) is 30.2 Å². The Balaban J connectivity index is 1.36. The lowest BCUT2D eigenvalue weighted by Gasteiger charge is -2.34. The van der Waals surface area contributed by atoms with E-state index in [-0.39, 0.29) is 42.3 Å². The minimum absolute atomic E-state index is 0.0137. The van der Waals surface area contributed by atoms with Crippen molar-refractivity contribution in [1.29, 1.82) is 0 Å². The quantitative estimate of drug-likeness (QED) is 0.320. The van der Waals surface area contributed by atoms with Gasteiger partial charge in [0.25, 0.3) is 11.8 Å². The number of ether oxygens (including phenoxy) is 3. The number of carbonyl (C=O) groups is 4. The second-order valence-corrected chi connectivity index (χ2v) is 18.6. The van der Waals surface area contributed by atoms with E-state index >= 15 is 0 Å². The minimum Gasteiger partial charge on any atom is -0.497 e. The number of methoxy groups -OCH3 is 1. The number of fused-ring (bicyclic) bond motifs is 3. The number of amides is 4. The molecule has 0 radical (unpaired) electrons. The Morgan fingerprint density at radius 3 is 2.53 bits per heavy atom. The normalized spacial score (nSPS) is 28.9. The number of sulfonamides is 1. The third-order valence-corrected chi connectivity index (χ3v) is 12.8. The number of allylic oxidation sites excluding steroid dienone is 1. The fraction of sp³-hybridized carbons (Fsp3) is 0.632. The van der Waals surface area contributed by atoms with Gasteiger partial charge >= 0.3 is 6.09 Å². The summed E-state index contributed by atoms with van der Waals surface area (Å²) in [5.41, 5.74) is -1.43. The minimum atomic E-state index is -3.92. The zero-order valence-corrected chi connectivity index (χ0v) is 33.7. The molecule has 2 aliphatic carbocycles. The lowest BCUT2D eigenvalue weighted by atomic mass is 9.85. The van der Waals surface area contributed by atoms with Gasteiger partial charge in [0.2, 0.25) is 21.8 Å². The first-order chi connectivity index (χ1) is 25.9. The van der Waals surface area contributed by atoms with Gasteiger partial charge in [-0.05, 0) is 83.3 Å². The Kier molecular flexibility index (Phi) is 11.6. The zero-order chi connectivity index (χ0) is 39.9. The second kappa shape index (κ2) is 15.8. The number of aromatic nitrogens is 2. The molecule has 2 saturated carbocycles. The predicted molar refractivity (Wildman–Crippen MR) is 204 cm³/mol. The molecule has 1 aromatic heterocycles. The Morgan fingerprint density at radius 2 is 1.85 bits per heavy atom. The van der Waals surface area contributed by atoms with E-state index in [1.54, 1.807) is 39.0 Å². The summed E-state index contributed by atoms with van der Waals surface area (Å²) in [7, 11) is -2.39. The molecule has 3 N–H and O–H groups in total.